The van der Waals surface area contributed by atoms with E-state index in [-0.39, 0.29) is 12.6 Å². The van der Waals surface area contributed by atoms with E-state index >= 15 is 0 Å². The molecule has 0 radical (unpaired) electrons. The lowest BCUT2D eigenvalue weighted by molar-refractivity contribution is 0.259. The summed E-state index contributed by atoms with van der Waals surface area (Å²) in [4.78, 5) is 11.1. The number of hydrogen-bond donors (Lipinski definition) is 3. The number of benzene rings is 2. The van der Waals surface area contributed by atoms with Crippen molar-refractivity contribution in [2.24, 2.45) is 0 Å². The van der Waals surface area contributed by atoms with Gasteiger partial charge >= 0.3 is 0 Å². The SMILES string of the molecule is CN(CCC[C@H](CO)Nc1ccnc2cc(Cl)ccc12)CCNc1ccnc2cc(Cl)ccc12. The van der Waals surface area contributed by atoms with Crippen molar-refractivity contribution in [2.45, 2.75) is 18.9 Å². The molecule has 4 aromatic rings. The topological polar surface area (TPSA) is 73.3 Å². The normalized spacial score (nSPS) is 12.4. The van der Waals surface area contributed by atoms with Gasteiger partial charge in [0.2, 0.25) is 0 Å². The molecule has 0 amide bonds. The van der Waals surface area contributed by atoms with Crippen LogP contribution in [0.2, 0.25) is 10.0 Å². The van der Waals surface area contributed by atoms with Crippen LogP contribution in [-0.2, 0) is 0 Å². The first-order valence-electron chi connectivity index (χ1n) is 11.4. The molecule has 3 N–H and O–H groups in total. The molecular formula is C26H29Cl2N5O. The van der Waals surface area contributed by atoms with Crippen molar-refractivity contribution in [1.29, 1.82) is 0 Å². The molecule has 2 aromatic carbocycles. The van der Waals surface area contributed by atoms with Crippen molar-refractivity contribution < 1.29 is 5.11 Å². The summed E-state index contributed by atoms with van der Waals surface area (Å²) < 4.78 is 0. The molecule has 1 atom stereocenters. The second kappa shape index (κ2) is 11.7. The average molecular weight is 498 g/mol. The van der Waals surface area contributed by atoms with E-state index in [4.69, 9.17) is 23.2 Å². The fraction of sp³-hybridized carbons (Fsp3) is 0.308. The maximum absolute atomic E-state index is 9.90. The minimum atomic E-state index is -0.0252. The summed E-state index contributed by atoms with van der Waals surface area (Å²) in [7, 11) is 2.12. The fourth-order valence-electron chi connectivity index (χ4n) is 4.05. The number of aliphatic hydroxyl groups excluding tert-OH is 1. The molecular weight excluding hydrogens is 469 g/mol. The first-order chi connectivity index (χ1) is 16.5. The largest absolute Gasteiger partial charge is 0.394 e. The third kappa shape index (κ3) is 6.27. The number of aliphatic hydroxyl groups is 1. The molecule has 178 valence electrons. The summed E-state index contributed by atoms with van der Waals surface area (Å²) in [5, 5.41) is 20.3. The maximum Gasteiger partial charge on any atom is 0.0737 e. The number of fused-ring (bicyclic) bond motifs is 2. The molecule has 0 saturated heterocycles. The van der Waals surface area contributed by atoms with E-state index in [0.717, 1.165) is 65.7 Å². The third-order valence-corrected chi connectivity index (χ3v) is 6.36. The molecule has 0 aliphatic heterocycles. The van der Waals surface area contributed by atoms with Crippen LogP contribution in [0.3, 0.4) is 0 Å². The molecule has 2 heterocycles. The van der Waals surface area contributed by atoms with Crippen LogP contribution >= 0.6 is 23.2 Å². The minimum Gasteiger partial charge on any atom is -0.394 e. The summed E-state index contributed by atoms with van der Waals surface area (Å²) in [6.07, 6.45) is 5.39. The quantitative estimate of drug-likeness (QED) is 0.247. The lowest BCUT2D eigenvalue weighted by Crippen LogP contribution is -2.29. The number of aromatic nitrogens is 2. The Morgan fingerprint density at radius 3 is 2.15 bits per heavy atom. The summed E-state index contributed by atoms with van der Waals surface area (Å²) in [5.74, 6) is 0. The van der Waals surface area contributed by atoms with Gasteiger partial charge in [-0.05, 0) is 75.0 Å². The monoisotopic (exact) mass is 497 g/mol. The fourth-order valence-corrected chi connectivity index (χ4v) is 4.39. The number of likely N-dealkylation sites (N-methyl/N-ethyl adjacent to an activating group) is 1. The maximum atomic E-state index is 9.90. The molecule has 8 heteroatoms. The van der Waals surface area contributed by atoms with E-state index in [1.54, 1.807) is 12.4 Å². The average Bonchev–Trinajstić information content (AvgIpc) is 2.83. The van der Waals surface area contributed by atoms with Crippen molar-refractivity contribution in [1.82, 2.24) is 14.9 Å². The smallest absolute Gasteiger partial charge is 0.0737 e. The summed E-state index contributed by atoms with van der Waals surface area (Å²) in [6, 6.07) is 15.3. The first kappa shape index (κ1) is 24.5. The van der Waals surface area contributed by atoms with Gasteiger partial charge in [-0.15, -0.1) is 0 Å². The molecule has 0 aliphatic rings. The lowest BCUT2D eigenvalue weighted by atomic mass is 10.1. The number of nitrogens with one attached hydrogen (secondary N) is 2. The molecule has 0 unspecified atom stereocenters. The lowest BCUT2D eigenvalue weighted by Gasteiger charge is -2.21. The zero-order valence-electron chi connectivity index (χ0n) is 19.1. The number of hydrogen-bond acceptors (Lipinski definition) is 6. The predicted octanol–water partition coefficient (Wildman–Crippen LogP) is 5.69. The number of rotatable bonds is 11. The van der Waals surface area contributed by atoms with Crippen LogP contribution in [0.5, 0.6) is 0 Å². The molecule has 6 nitrogen and oxygen atoms in total. The third-order valence-electron chi connectivity index (χ3n) is 5.89. The van der Waals surface area contributed by atoms with E-state index in [9.17, 15) is 5.11 Å². The van der Waals surface area contributed by atoms with Crippen molar-refractivity contribution >= 4 is 56.4 Å². The van der Waals surface area contributed by atoms with Crippen LogP contribution in [-0.4, -0.2) is 59.3 Å². The van der Waals surface area contributed by atoms with Gasteiger partial charge in [0.1, 0.15) is 0 Å². The Balaban J connectivity index is 1.24. The first-order valence-corrected chi connectivity index (χ1v) is 12.2. The molecule has 0 aliphatic carbocycles. The summed E-state index contributed by atoms with van der Waals surface area (Å²) in [5.41, 5.74) is 3.75. The van der Waals surface area contributed by atoms with Gasteiger partial charge < -0.3 is 20.6 Å². The molecule has 34 heavy (non-hydrogen) atoms. The standard InChI is InChI=1S/C26H29Cl2N5O/c1-33(14-12-31-23-8-10-29-25-15-18(27)4-6-21(23)25)13-2-3-20(17-34)32-24-9-11-30-26-16-19(28)5-7-22(24)26/h4-11,15-16,20,34H,2-3,12-14,17H2,1H3,(H,29,31)(H,30,32)/t20-/m1/s1. The van der Waals surface area contributed by atoms with Gasteiger partial charge in [0.25, 0.3) is 0 Å². The van der Waals surface area contributed by atoms with Crippen molar-refractivity contribution in [3.8, 4) is 0 Å². The van der Waals surface area contributed by atoms with Crippen LogP contribution in [0.25, 0.3) is 21.8 Å². The van der Waals surface area contributed by atoms with Crippen LogP contribution in [0.4, 0.5) is 11.4 Å². The molecule has 0 saturated carbocycles. The van der Waals surface area contributed by atoms with E-state index < -0.39 is 0 Å². The van der Waals surface area contributed by atoms with Crippen LogP contribution < -0.4 is 10.6 Å². The summed E-state index contributed by atoms with van der Waals surface area (Å²) >= 11 is 12.2. The molecule has 0 bridgehead atoms. The van der Waals surface area contributed by atoms with Crippen molar-refractivity contribution in [3.05, 3.63) is 71.0 Å². The highest BCUT2D eigenvalue weighted by Gasteiger charge is 2.11. The number of nitrogens with zero attached hydrogens (tertiary/aromatic N) is 3. The summed E-state index contributed by atoms with van der Waals surface area (Å²) in [6.45, 7) is 2.75. The molecule has 0 spiro atoms. The van der Waals surface area contributed by atoms with E-state index in [2.05, 4.69) is 32.5 Å². The van der Waals surface area contributed by atoms with E-state index in [1.807, 2.05) is 48.5 Å². The Bertz CT molecular complexity index is 1250. The Morgan fingerprint density at radius 1 is 0.882 bits per heavy atom. The van der Waals surface area contributed by atoms with Gasteiger partial charge in [0, 0.05) is 63.7 Å². The van der Waals surface area contributed by atoms with Gasteiger partial charge in [0.05, 0.1) is 17.6 Å². The van der Waals surface area contributed by atoms with Gasteiger partial charge in [-0.25, -0.2) is 0 Å². The van der Waals surface area contributed by atoms with Gasteiger partial charge in [0.15, 0.2) is 0 Å². The van der Waals surface area contributed by atoms with Crippen LogP contribution in [0.15, 0.2) is 60.9 Å². The second-order valence-electron chi connectivity index (χ2n) is 8.44. The zero-order chi connectivity index (χ0) is 23.9. The highest BCUT2D eigenvalue weighted by atomic mass is 35.5. The Hall–Kier alpha value is -2.64. The Kier molecular flexibility index (Phi) is 8.40. The number of anilines is 2. The predicted molar refractivity (Wildman–Crippen MR) is 143 cm³/mol. The molecule has 0 fully saturated rings. The van der Waals surface area contributed by atoms with Crippen LogP contribution in [0.1, 0.15) is 12.8 Å². The second-order valence-corrected chi connectivity index (χ2v) is 9.31. The van der Waals surface area contributed by atoms with Crippen molar-refractivity contribution in [2.75, 3.05) is 43.9 Å². The van der Waals surface area contributed by atoms with Gasteiger partial charge in [-0.1, -0.05) is 23.2 Å². The molecule has 4 rings (SSSR count). The Morgan fingerprint density at radius 2 is 1.50 bits per heavy atom. The van der Waals surface area contributed by atoms with Gasteiger partial charge in [-0.3, -0.25) is 9.97 Å². The van der Waals surface area contributed by atoms with E-state index in [0.29, 0.717) is 10.0 Å². The highest BCUT2D eigenvalue weighted by Crippen LogP contribution is 2.26. The number of halogens is 2. The zero-order valence-corrected chi connectivity index (χ0v) is 20.7. The van der Waals surface area contributed by atoms with E-state index in [1.165, 1.54) is 0 Å². The highest BCUT2D eigenvalue weighted by molar-refractivity contribution is 6.31. The van der Waals surface area contributed by atoms with Crippen molar-refractivity contribution in [3.63, 3.8) is 0 Å². The van der Waals surface area contributed by atoms with Gasteiger partial charge in [-0.2, -0.15) is 0 Å². The number of pyridine rings is 2. The Labute approximate surface area is 209 Å². The minimum absolute atomic E-state index is 0.0252. The van der Waals surface area contributed by atoms with Crippen LogP contribution in [0, 0.1) is 0 Å². The molecule has 2 aromatic heterocycles.